The van der Waals surface area contributed by atoms with E-state index in [9.17, 15) is 12.8 Å². The third-order valence-corrected chi connectivity index (χ3v) is 9.00. The zero-order valence-electron chi connectivity index (χ0n) is 16.1. The van der Waals surface area contributed by atoms with E-state index in [0.29, 0.717) is 29.6 Å². The summed E-state index contributed by atoms with van der Waals surface area (Å²) >= 11 is 19.5. The number of anilines is 1. The summed E-state index contributed by atoms with van der Waals surface area (Å²) in [6.45, 7) is 1.57. The highest BCUT2D eigenvalue weighted by atomic mass is 35.5. The van der Waals surface area contributed by atoms with Crippen LogP contribution in [0.15, 0.2) is 46.7 Å². The number of halogens is 4. The molecule has 0 bridgehead atoms. The van der Waals surface area contributed by atoms with E-state index in [0.717, 1.165) is 28.5 Å². The Hall–Kier alpha value is -1.42. The molecule has 0 unspecified atom stereocenters. The molecule has 1 aliphatic heterocycles. The molecule has 164 valence electrons. The minimum Gasteiger partial charge on any atom is -0.345 e. The average molecular weight is 521 g/mol. The Morgan fingerprint density at radius 1 is 0.968 bits per heavy atom. The highest BCUT2D eigenvalue weighted by molar-refractivity contribution is 7.89. The minimum atomic E-state index is -3.79. The van der Waals surface area contributed by atoms with Crippen LogP contribution in [0.3, 0.4) is 0 Å². The molecule has 11 heteroatoms. The number of benzene rings is 2. The summed E-state index contributed by atoms with van der Waals surface area (Å²) in [6.07, 6.45) is 0.630. The Balaban J connectivity index is 1.41. The molecule has 1 saturated heterocycles. The van der Waals surface area contributed by atoms with Crippen LogP contribution in [-0.2, 0) is 16.4 Å². The summed E-state index contributed by atoms with van der Waals surface area (Å²) in [4.78, 5) is 6.66. The van der Waals surface area contributed by atoms with Crippen molar-refractivity contribution in [2.75, 3.05) is 31.1 Å². The molecule has 0 aliphatic carbocycles. The monoisotopic (exact) mass is 519 g/mol. The number of rotatable bonds is 5. The number of hydrogen-bond donors (Lipinski definition) is 0. The summed E-state index contributed by atoms with van der Waals surface area (Å²) in [7, 11) is -3.79. The van der Waals surface area contributed by atoms with E-state index in [4.69, 9.17) is 34.8 Å². The lowest BCUT2D eigenvalue weighted by atomic mass is 10.1. The minimum absolute atomic E-state index is 0.0813. The zero-order valence-corrected chi connectivity index (χ0v) is 20.0. The third-order valence-electron chi connectivity index (χ3n) is 4.93. The molecule has 0 amide bonds. The fourth-order valence-electron chi connectivity index (χ4n) is 3.32. The van der Waals surface area contributed by atoms with Gasteiger partial charge in [0.15, 0.2) is 5.13 Å². The van der Waals surface area contributed by atoms with Crippen LogP contribution in [-0.4, -0.2) is 43.9 Å². The number of sulfonamides is 1. The Morgan fingerprint density at radius 2 is 1.71 bits per heavy atom. The van der Waals surface area contributed by atoms with Crippen molar-refractivity contribution in [3.05, 3.63) is 73.9 Å². The predicted molar refractivity (Wildman–Crippen MR) is 124 cm³/mol. The number of thiazole rings is 1. The molecule has 0 N–H and O–H groups in total. The highest BCUT2D eigenvalue weighted by Gasteiger charge is 2.31. The van der Waals surface area contributed by atoms with Gasteiger partial charge >= 0.3 is 0 Å². The molecule has 31 heavy (non-hydrogen) atoms. The Bertz CT molecular complexity index is 1210. The maximum absolute atomic E-state index is 13.3. The summed E-state index contributed by atoms with van der Waals surface area (Å²) < 4.78 is 40.4. The summed E-state index contributed by atoms with van der Waals surface area (Å²) in [5.41, 5.74) is 1.92. The summed E-state index contributed by atoms with van der Waals surface area (Å²) in [6, 6.07) is 8.81. The van der Waals surface area contributed by atoms with Gasteiger partial charge in [-0.3, -0.25) is 0 Å². The number of hydrogen-bond acceptors (Lipinski definition) is 5. The van der Waals surface area contributed by atoms with E-state index in [1.807, 2.05) is 17.5 Å². The number of aromatic nitrogens is 1. The Kier molecular flexibility index (Phi) is 6.76. The van der Waals surface area contributed by atoms with Crippen molar-refractivity contribution in [2.24, 2.45) is 0 Å². The second-order valence-electron chi connectivity index (χ2n) is 7.01. The lowest BCUT2D eigenvalue weighted by Crippen LogP contribution is -2.48. The van der Waals surface area contributed by atoms with Gasteiger partial charge in [-0.2, -0.15) is 4.31 Å². The molecule has 4 rings (SSSR count). The molecule has 1 aromatic heterocycles. The van der Waals surface area contributed by atoms with Gasteiger partial charge in [-0.1, -0.05) is 40.9 Å². The van der Waals surface area contributed by atoms with Crippen molar-refractivity contribution >= 4 is 61.3 Å². The fourth-order valence-corrected chi connectivity index (χ4v) is 6.45. The van der Waals surface area contributed by atoms with Crippen molar-refractivity contribution < 1.29 is 12.8 Å². The standard InChI is InChI=1S/C20H17Cl3FN3O2S2/c21-16-3-1-13(10-17(16)22)9-15-12-30-20(25-15)26-5-7-27(8-6-26)31(28,29)19-4-2-14(24)11-18(19)23/h1-4,10-12H,5-9H2. The molecule has 0 saturated carbocycles. The van der Waals surface area contributed by atoms with Gasteiger partial charge < -0.3 is 4.90 Å². The Labute approximate surface area is 199 Å². The smallest absolute Gasteiger partial charge is 0.244 e. The van der Waals surface area contributed by atoms with E-state index < -0.39 is 15.8 Å². The van der Waals surface area contributed by atoms with Crippen molar-refractivity contribution in [3.63, 3.8) is 0 Å². The van der Waals surface area contributed by atoms with Crippen molar-refractivity contribution in [3.8, 4) is 0 Å². The maximum atomic E-state index is 13.3. The SMILES string of the molecule is O=S(=O)(c1ccc(F)cc1Cl)N1CCN(c2nc(Cc3ccc(Cl)c(Cl)c3)cs2)CC1. The van der Waals surface area contributed by atoms with E-state index in [-0.39, 0.29) is 23.0 Å². The van der Waals surface area contributed by atoms with Crippen molar-refractivity contribution in [1.82, 2.24) is 9.29 Å². The van der Waals surface area contributed by atoms with Crippen LogP contribution in [0, 0.1) is 5.82 Å². The van der Waals surface area contributed by atoms with Gasteiger partial charge in [0.2, 0.25) is 10.0 Å². The normalized spacial score (nSPS) is 15.4. The van der Waals surface area contributed by atoms with Crippen molar-refractivity contribution in [2.45, 2.75) is 11.3 Å². The van der Waals surface area contributed by atoms with Crippen LogP contribution >= 0.6 is 46.1 Å². The van der Waals surface area contributed by atoms with Crippen LogP contribution in [0.2, 0.25) is 15.1 Å². The first-order valence-corrected chi connectivity index (χ1v) is 12.8. The van der Waals surface area contributed by atoms with Crippen LogP contribution in [0.5, 0.6) is 0 Å². The lowest BCUT2D eigenvalue weighted by molar-refractivity contribution is 0.384. The largest absolute Gasteiger partial charge is 0.345 e. The van der Waals surface area contributed by atoms with Gasteiger partial charge in [0.05, 0.1) is 20.8 Å². The number of nitrogens with zero attached hydrogens (tertiary/aromatic N) is 3. The molecule has 0 spiro atoms. The maximum Gasteiger partial charge on any atom is 0.244 e. The Morgan fingerprint density at radius 3 is 2.39 bits per heavy atom. The quantitative estimate of drug-likeness (QED) is 0.455. The first-order valence-electron chi connectivity index (χ1n) is 9.32. The average Bonchev–Trinajstić information content (AvgIpc) is 3.19. The van der Waals surface area contributed by atoms with E-state index >= 15 is 0 Å². The zero-order chi connectivity index (χ0) is 22.2. The molecule has 5 nitrogen and oxygen atoms in total. The van der Waals surface area contributed by atoms with Crippen LogP contribution in [0.4, 0.5) is 9.52 Å². The van der Waals surface area contributed by atoms with Crippen molar-refractivity contribution in [1.29, 1.82) is 0 Å². The predicted octanol–water partition coefficient (Wildman–Crippen LogP) is 5.34. The van der Waals surface area contributed by atoms with Gasteiger partial charge in [-0.25, -0.2) is 17.8 Å². The molecule has 3 aromatic rings. The molecule has 2 heterocycles. The summed E-state index contributed by atoms with van der Waals surface area (Å²) in [5.74, 6) is -0.575. The van der Waals surface area contributed by atoms with E-state index in [1.54, 1.807) is 6.07 Å². The molecule has 1 aliphatic rings. The van der Waals surface area contributed by atoms with E-state index in [1.165, 1.54) is 21.7 Å². The van der Waals surface area contributed by atoms with Crippen LogP contribution < -0.4 is 4.90 Å². The van der Waals surface area contributed by atoms with Crippen LogP contribution in [0.25, 0.3) is 0 Å². The summed E-state index contributed by atoms with van der Waals surface area (Å²) in [5, 5.41) is 3.73. The molecule has 0 radical (unpaired) electrons. The van der Waals surface area contributed by atoms with E-state index in [2.05, 4.69) is 9.88 Å². The first-order chi connectivity index (χ1) is 14.7. The third kappa shape index (κ3) is 4.99. The second kappa shape index (κ2) is 9.21. The first kappa shape index (κ1) is 22.8. The highest BCUT2D eigenvalue weighted by Crippen LogP contribution is 2.29. The molecule has 1 fully saturated rings. The molecular weight excluding hydrogens is 504 g/mol. The lowest BCUT2D eigenvalue weighted by Gasteiger charge is -2.33. The molecule has 0 atom stereocenters. The van der Waals surface area contributed by atoms with Gasteiger partial charge in [0.25, 0.3) is 0 Å². The fraction of sp³-hybridized carbons (Fsp3) is 0.250. The molecular formula is C20H17Cl3FN3O2S2. The van der Waals surface area contributed by atoms with Gasteiger partial charge in [-0.15, -0.1) is 11.3 Å². The number of piperazine rings is 1. The van der Waals surface area contributed by atoms with Gasteiger partial charge in [-0.05, 0) is 35.9 Å². The second-order valence-corrected chi connectivity index (χ2v) is 11.0. The van der Waals surface area contributed by atoms with Gasteiger partial charge in [0.1, 0.15) is 10.7 Å². The molecule has 2 aromatic carbocycles. The van der Waals surface area contributed by atoms with Gasteiger partial charge in [0, 0.05) is 38.0 Å². The topological polar surface area (TPSA) is 53.5 Å². The van der Waals surface area contributed by atoms with Crippen LogP contribution in [0.1, 0.15) is 11.3 Å².